The average molecular weight is 257 g/mol. The predicted molar refractivity (Wildman–Crippen MR) is 64.1 cm³/mol. The second-order valence-corrected chi connectivity index (χ2v) is 4.45. The fourth-order valence-corrected chi connectivity index (χ4v) is 2.02. The summed E-state index contributed by atoms with van der Waals surface area (Å²) in [6.45, 7) is 4.05. The molecule has 0 saturated carbocycles. The first kappa shape index (κ1) is 14.3. The molecule has 0 aromatic carbocycles. The smallest absolute Gasteiger partial charge is 0.329 e. The van der Waals surface area contributed by atoms with Gasteiger partial charge in [0.1, 0.15) is 5.54 Å². The van der Waals surface area contributed by atoms with E-state index in [2.05, 4.69) is 10.6 Å². The van der Waals surface area contributed by atoms with Crippen LogP contribution in [0.15, 0.2) is 0 Å². The monoisotopic (exact) mass is 257 g/mol. The summed E-state index contributed by atoms with van der Waals surface area (Å²) in [4.78, 5) is 35.5. The number of carbonyl (C=O) groups is 3. The minimum atomic E-state index is -1.18. The molecule has 18 heavy (non-hydrogen) atoms. The highest BCUT2D eigenvalue weighted by Gasteiger charge is 2.45. The molecular formula is C11H19N3O4. The minimum absolute atomic E-state index is 0.140. The van der Waals surface area contributed by atoms with Gasteiger partial charge in [-0.05, 0) is 26.7 Å². The van der Waals surface area contributed by atoms with E-state index in [0.29, 0.717) is 25.9 Å². The number of carboxylic acid groups (broad SMARTS) is 1. The van der Waals surface area contributed by atoms with Gasteiger partial charge in [-0.25, -0.2) is 9.59 Å². The van der Waals surface area contributed by atoms with E-state index in [1.807, 2.05) is 0 Å². The van der Waals surface area contributed by atoms with Crippen molar-refractivity contribution in [2.24, 2.45) is 0 Å². The topological polar surface area (TPSA) is 98.7 Å². The summed E-state index contributed by atoms with van der Waals surface area (Å²) < 4.78 is 0. The lowest BCUT2D eigenvalue weighted by Crippen LogP contribution is -2.55. The molecule has 0 aromatic heterocycles. The molecule has 1 heterocycles. The van der Waals surface area contributed by atoms with Gasteiger partial charge in [-0.2, -0.15) is 0 Å². The molecule has 1 atom stereocenters. The van der Waals surface area contributed by atoms with Crippen LogP contribution in [0.2, 0.25) is 0 Å². The predicted octanol–water partition coefficient (Wildman–Crippen LogP) is -0.229. The van der Waals surface area contributed by atoms with E-state index in [4.69, 9.17) is 5.11 Å². The molecule has 7 nitrogen and oxygen atoms in total. The molecule has 0 aromatic rings. The molecule has 102 valence electrons. The van der Waals surface area contributed by atoms with Gasteiger partial charge in [0.05, 0.1) is 6.54 Å². The zero-order valence-electron chi connectivity index (χ0n) is 10.7. The van der Waals surface area contributed by atoms with Crippen LogP contribution in [0.5, 0.6) is 0 Å². The Kier molecular flexibility index (Phi) is 4.52. The number of rotatable bonds is 4. The van der Waals surface area contributed by atoms with Crippen LogP contribution in [0.25, 0.3) is 0 Å². The van der Waals surface area contributed by atoms with Crippen molar-refractivity contribution in [1.82, 2.24) is 15.5 Å². The Morgan fingerprint density at radius 1 is 1.33 bits per heavy atom. The van der Waals surface area contributed by atoms with Gasteiger partial charge in [0.25, 0.3) is 0 Å². The van der Waals surface area contributed by atoms with Crippen LogP contribution in [0, 0.1) is 0 Å². The van der Waals surface area contributed by atoms with E-state index in [9.17, 15) is 14.4 Å². The Balaban J connectivity index is 2.56. The van der Waals surface area contributed by atoms with Crippen molar-refractivity contribution >= 4 is 17.9 Å². The van der Waals surface area contributed by atoms with Gasteiger partial charge in [0, 0.05) is 13.1 Å². The van der Waals surface area contributed by atoms with Gasteiger partial charge in [-0.1, -0.05) is 0 Å². The van der Waals surface area contributed by atoms with Gasteiger partial charge < -0.3 is 20.6 Å². The van der Waals surface area contributed by atoms with E-state index in [0.717, 1.165) is 0 Å². The molecule has 0 spiro atoms. The largest absolute Gasteiger partial charge is 0.480 e. The first-order valence-electron chi connectivity index (χ1n) is 5.97. The summed E-state index contributed by atoms with van der Waals surface area (Å²) >= 11 is 0. The second-order valence-electron chi connectivity index (χ2n) is 4.45. The lowest BCUT2D eigenvalue weighted by molar-refractivity contribution is -0.147. The molecule has 1 saturated heterocycles. The number of nitrogens with zero attached hydrogens (tertiary/aromatic N) is 1. The van der Waals surface area contributed by atoms with Crippen LogP contribution in [-0.4, -0.2) is 53.1 Å². The summed E-state index contributed by atoms with van der Waals surface area (Å²) in [5.74, 6) is -1.31. The number of carbonyl (C=O) groups excluding carboxylic acids is 2. The zero-order valence-corrected chi connectivity index (χ0v) is 10.7. The Morgan fingerprint density at radius 2 is 2.00 bits per heavy atom. The number of carboxylic acids is 1. The van der Waals surface area contributed by atoms with Gasteiger partial charge in [0.2, 0.25) is 5.91 Å². The number of likely N-dealkylation sites (tertiary alicyclic amines) is 1. The maximum Gasteiger partial charge on any atom is 0.329 e. The number of amides is 3. The third kappa shape index (κ3) is 2.91. The molecule has 3 N–H and O–H groups in total. The van der Waals surface area contributed by atoms with E-state index in [-0.39, 0.29) is 12.5 Å². The zero-order chi connectivity index (χ0) is 13.8. The first-order valence-corrected chi connectivity index (χ1v) is 5.97. The number of urea groups is 1. The molecule has 1 unspecified atom stereocenters. The molecule has 1 aliphatic rings. The highest BCUT2D eigenvalue weighted by Crippen LogP contribution is 2.28. The molecule has 0 radical (unpaired) electrons. The van der Waals surface area contributed by atoms with Crippen LogP contribution in [0.4, 0.5) is 4.79 Å². The van der Waals surface area contributed by atoms with Crippen molar-refractivity contribution in [3.63, 3.8) is 0 Å². The van der Waals surface area contributed by atoms with Crippen molar-refractivity contribution in [3.05, 3.63) is 0 Å². The molecule has 1 fully saturated rings. The number of hydrogen-bond acceptors (Lipinski definition) is 3. The molecular weight excluding hydrogens is 238 g/mol. The Bertz CT molecular complexity index is 358. The maximum atomic E-state index is 11.8. The maximum absolute atomic E-state index is 11.8. The summed E-state index contributed by atoms with van der Waals surface area (Å²) in [5, 5.41) is 14.1. The Labute approximate surface area is 106 Å². The van der Waals surface area contributed by atoms with Crippen molar-refractivity contribution in [2.75, 3.05) is 19.6 Å². The lowest BCUT2D eigenvalue weighted by atomic mass is 10.00. The molecule has 7 heteroatoms. The minimum Gasteiger partial charge on any atom is -0.480 e. The standard InChI is InChI=1S/C11H19N3O4/c1-3-12-8(15)7-13-10(18)14-6-4-5-11(14,2)9(16)17/h3-7H2,1-2H3,(H,12,15)(H,13,18)(H,16,17). The number of likely N-dealkylation sites (N-methyl/N-ethyl adjacent to an activating group) is 1. The molecule has 0 bridgehead atoms. The lowest BCUT2D eigenvalue weighted by Gasteiger charge is -2.31. The second kappa shape index (κ2) is 5.70. The fourth-order valence-electron chi connectivity index (χ4n) is 2.02. The first-order chi connectivity index (χ1) is 8.41. The van der Waals surface area contributed by atoms with E-state index in [1.54, 1.807) is 6.92 Å². The van der Waals surface area contributed by atoms with Crippen LogP contribution in [-0.2, 0) is 9.59 Å². The van der Waals surface area contributed by atoms with E-state index in [1.165, 1.54) is 11.8 Å². The van der Waals surface area contributed by atoms with Crippen molar-refractivity contribution in [3.8, 4) is 0 Å². The van der Waals surface area contributed by atoms with Crippen LogP contribution >= 0.6 is 0 Å². The van der Waals surface area contributed by atoms with Crippen LogP contribution < -0.4 is 10.6 Å². The summed E-state index contributed by atoms with van der Waals surface area (Å²) in [5.41, 5.74) is -1.18. The highest BCUT2D eigenvalue weighted by molar-refractivity contribution is 5.89. The van der Waals surface area contributed by atoms with Crippen LogP contribution in [0.1, 0.15) is 26.7 Å². The van der Waals surface area contributed by atoms with Gasteiger partial charge in [-0.3, -0.25) is 4.79 Å². The van der Waals surface area contributed by atoms with Gasteiger partial charge in [0.15, 0.2) is 0 Å². The van der Waals surface area contributed by atoms with Crippen LogP contribution in [0.3, 0.4) is 0 Å². The normalized spacial score (nSPS) is 22.7. The quantitative estimate of drug-likeness (QED) is 0.648. The van der Waals surface area contributed by atoms with Crippen molar-refractivity contribution < 1.29 is 19.5 Å². The van der Waals surface area contributed by atoms with E-state index >= 15 is 0 Å². The number of nitrogens with one attached hydrogen (secondary N) is 2. The van der Waals surface area contributed by atoms with Crippen molar-refractivity contribution in [2.45, 2.75) is 32.2 Å². The van der Waals surface area contributed by atoms with Gasteiger partial charge >= 0.3 is 12.0 Å². The molecule has 1 aliphatic heterocycles. The molecule has 1 rings (SSSR count). The van der Waals surface area contributed by atoms with Crippen molar-refractivity contribution in [1.29, 1.82) is 0 Å². The summed E-state index contributed by atoms with van der Waals surface area (Å²) in [6.07, 6.45) is 1.08. The molecule has 3 amide bonds. The third-order valence-electron chi connectivity index (χ3n) is 3.12. The number of aliphatic carboxylic acids is 1. The van der Waals surface area contributed by atoms with Gasteiger partial charge in [-0.15, -0.1) is 0 Å². The van der Waals surface area contributed by atoms with E-state index < -0.39 is 17.5 Å². The summed E-state index contributed by atoms with van der Waals surface area (Å²) in [6, 6.07) is -0.511. The Morgan fingerprint density at radius 3 is 2.56 bits per heavy atom. The highest BCUT2D eigenvalue weighted by atomic mass is 16.4. The summed E-state index contributed by atoms with van der Waals surface area (Å²) in [7, 11) is 0. The Hall–Kier alpha value is -1.79. The fraction of sp³-hybridized carbons (Fsp3) is 0.727. The molecule has 0 aliphatic carbocycles. The SMILES string of the molecule is CCNC(=O)CNC(=O)N1CCCC1(C)C(=O)O. The average Bonchev–Trinajstić information content (AvgIpc) is 2.70. The third-order valence-corrected chi connectivity index (χ3v) is 3.12. The number of hydrogen-bond donors (Lipinski definition) is 3.